The molecule has 0 spiro atoms. The molecule has 1 aliphatic carbocycles. The zero-order chi connectivity index (χ0) is 12.5. The summed E-state index contributed by atoms with van der Waals surface area (Å²) in [5.74, 6) is 1.22. The molecule has 2 unspecified atom stereocenters. The van der Waals surface area contributed by atoms with Crippen molar-refractivity contribution in [3.63, 3.8) is 0 Å². The van der Waals surface area contributed by atoms with Crippen LogP contribution in [0, 0.1) is 5.92 Å². The number of nitrogens with one attached hydrogen (secondary N) is 2. The molecule has 1 aromatic rings. The Hall–Kier alpha value is -0.880. The van der Waals surface area contributed by atoms with Crippen LogP contribution in [0.2, 0.25) is 0 Å². The summed E-state index contributed by atoms with van der Waals surface area (Å²) >= 11 is 0. The maximum atomic E-state index is 12.0. The van der Waals surface area contributed by atoms with Gasteiger partial charge in [-0.1, -0.05) is 20.3 Å². The lowest BCUT2D eigenvalue weighted by atomic mass is 10.2. The van der Waals surface area contributed by atoms with Crippen LogP contribution in [0.5, 0.6) is 0 Å². The largest absolute Gasteiger partial charge is 0.332 e. The summed E-state index contributed by atoms with van der Waals surface area (Å²) in [6.45, 7) is 4.05. The molecule has 2 rings (SSSR count). The minimum Gasteiger partial charge on any atom is -0.332 e. The van der Waals surface area contributed by atoms with Gasteiger partial charge in [-0.3, -0.25) is 0 Å². The van der Waals surface area contributed by atoms with E-state index in [1.807, 2.05) is 6.92 Å². The number of hydrogen-bond acceptors (Lipinski definition) is 3. The number of hydrogen-bond donors (Lipinski definition) is 2. The summed E-state index contributed by atoms with van der Waals surface area (Å²) in [5.41, 5.74) is 0. The molecule has 1 fully saturated rings. The standard InChI is InChI=1S/C11H19N3O2S/c1-3-5-8-6-9(8)14-17(15,16)11-7-12-10(4-2)13-11/h7-9,14H,3-6H2,1-2H3,(H,12,13). The summed E-state index contributed by atoms with van der Waals surface area (Å²) < 4.78 is 26.7. The van der Waals surface area contributed by atoms with Gasteiger partial charge in [0.25, 0.3) is 10.0 Å². The molecule has 1 aromatic heterocycles. The van der Waals surface area contributed by atoms with E-state index in [0.717, 1.165) is 19.3 Å². The molecular weight excluding hydrogens is 238 g/mol. The molecule has 1 saturated carbocycles. The molecule has 17 heavy (non-hydrogen) atoms. The molecule has 2 N–H and O–H groups in total. The van der Waals surface area contributed by atoms with Crippen molar-refractivity contribution >= 4 is 10.0 Å². The maximum absolute atomic E-state index is 12.0. The summed E-state index contributed by atoms with van der Waals surface area (Å²) in [4.78, 5) is 6.83. The van der Waals surface area contributed by atoms with E-state index in [9.17, 15) is 8.42 Å². The topological polar surface area (TPSA) is 74.8 Å². The first-order chi connectivity index (χ1) is 8.06. The lowest BCUT2D eigenvalue weighted by Crippen LogP contribution is -2.27. The maximum Gasteiger partial charge on any atom is 0.257 e. The second kappa shape index (κ2) is 4.78. The number of H-pyrrole nitrogens is 1. The van der Waals surface area contributed by atoms with Gasteiger partial charge in [-0.15, -0.1) is 0 Å². The summed E-state index contributed by atoms with van der Waals surface area (Å²) in [5, 5.41) is 0.177. The smallest absolute Gasteiger partial charge is 0.257 e. The molecule has 5 nitrogen and oxygen atoms in total. The van der Waals surface area contributed by atoms with Gasteiger partial charge < -0.3 is 4.98 Å². The van der Waals surface area contributed by atoms with E-state index >= 15 is 0 Å². The molecule has 1 aliphatic rings. The molecule has 1 heterocycles. The van der Waals surface area contributed by atoms with Gasteiger partial charge in [-0.25, -0.2) is 18.1 Å². The zero-order valence-corrected chi connectivity index (χ0v) is 11.0. The van der Waals surface area contributed by atoms with Crippen molar-refractivity contribution in [1.29, 1.82) is 0 Å². The Labute approximate surface area is 102 Å². The Morgan fingerprint density at radius 3 is 2.88 bits per heavy atom. The molecule has 6 heteroatoms. The van der Waals surface area contributed by atoms with Crippen LogP contribution >= 0.6 is 0 Å². The van der Waals surface area contributed by atoms with Crippen molar-refractivity contribution in [2.75, 3.05) is 0 Å². The molecule has 0 radical (unpaired) electrons. The van der Waals surface area contributed by atoms with E-state index in [-0.39, 0.29) is 11.1 Å². The van der Waals surface area contributed by atoms with E-state index in [0.29, 0.717) is 18.2 Å². The van der Waals surface area contributed by atoms with Crippen molar-refractivity contribution in [2.24, 2.45) is 5.92 Å². The first-order valence-corrected chi connectivity index (χ1v) is 7.61. The average Bonchev–Trinajstić information content (AvgIpc) is 2.84. The second-order valence-electron chi connectivity index (χ2n) is 4.56. The monoisotopic (exact) mass is 257 g/mol. The predicted molar refractivity (Wildman–Crippen MR) is 65.1 cm³/mol. The van der Waals surface area contributed by atoms with E-state index in [1.165, 1.54) is 6.20 Å². The fourth-order valence-electron chi connectivity index (χ4n) is 2.00. The Kier molecular flexibility index (Phi) is 3.53. The van der Waals surface area contributed by atoms with E-state index in [2.05, 4.69) is 21.6 Å². The van der Waals surface area contributed by atoms with Gasteiger partial charge in [-0.05, 0) is 18.8 Å². The fourth-order valence-corrected chi connectivity index (χ4v) is 3.26. The van der Waals surface area contributed by atoms with Crippen molar-refractivity contribution in [3.8, 4) is 0 Å². The van der Waals surface area contributed by atoms with Crippen LogP contribution in [0.4, 0.5) is 0 Å². The lowest BCUT2D eigenvalue weighted by Gasteiger charge is -2.03. The number of nitrogens with zero attached hydrogens (tertiary/aromatic N) is 1. The molecule has 96 valence electrons. The minimum atomic E-state index is -3.41. The number of imidazole rings is 1. The minimum absolute atomic E-state index is 0.119. The van der Waals surface area contributed by atoms with Crippen molar-refractivity contribution < 1.29 is 8.42 Å². The first-order valence-electron chi connectivity index (χ1n) is 6.13. The van der Waals surface area contributed by atoms with Gasteiger partial charge in [0.05, 0.1) is 6.20 Å². The van der Waals surface area contributed by atoms with Crippen molar-refractivity contribution in [1.82, 2.24) is 14.7 Å². The van der Waals surface area contributed by atoms with Gasteiger partial charge in [0.1, 0.15) is 5.82 Å². The molecule has 0 aliphatic heterocycles. The van der Waals surface area contributed by atoms with Crippen LogP contribution in [0.3, 0.4) is 0 Å². The number of aryl methyl sites for hydroxylation is 1. The van der Waals surface area contributed by atoms with Crippen LogP contribution < -0.4 is 4.72 Å². The lowest BCUT2D eigenvalue weighted by molar-refractivity contribution is 0.570. The Morgan fingerprint density at radius 2 is 2.29 bits per heavy atom. The highest BCUT2D eigenvalue weighted by Crippen LogP contribution is 2.35. The number of aromatic amines is 1. The van der Waals surface area contributed by atoms with E-state index in [4.69, 9.17) is 0 Å². The average molecular weight is 257 g/mol. The van der Waals surface area contributed by atoms with Gasteiger partial charge in [0, 0.05) is 12.5 Å². The molecule has 2 atom stereocenters. The Balaban J connectivity index is 2.00. The summed E-state index contributed by atoms with van der Waals surface area (Å²) in [7, 11) is -3.41. The first kappa shape index (κ1) is 12.6. The fraction of sp³-hybridized carbons (Fsp3) is 0.727. The van der Waals surface area contributed by atoms with Gasteiger partial charge in [0.15, 0.2) is 5.03 Å². The van der Waals surface area contributed by atoms with Gasteiger partial charge in [0.2, 0.25) is 0 Å². The zero-order valence-electron chi connectivity index (χ0n) is 10.2. The number of aromatic nitrogens is 2. The third kappa shape index (κ3) is 2.87. The number of rotatable bonds is 6. The predicted octanol–water partition coefficient (Wildman–Crippen LogP) is 1.44. The second-order valence-corrected chi connectivity index (χ2v) is 6.24. The van der Waals surface area contributed by atoms with Crippen LogP contribution in [0.1, 0.15) is 38.9 Å². The normalized spacial score (nSPS) is 23.9. The Morgan fingerprint density at radius 1 is 1.53 bits per heavy atom. The quantitative estimate of drug-likeness (QED) is 0.809. The molecule has 0 aromatic carbocycles. The molecule has 0 amide bonds. The van der Waals surface area contributed by atoms with Gasteiger partial charge >= 0.3 is 0 Å². The van der Waals surface area contributed by atoms with Crippen molar-refractivity contribution in [2.45, 2.75) is 50.6 Å². The van der Waals surface area contributed by atoms with Crippen molar-refractivity contribution in [3.05, 3.63) is 12.0 Å². The molecule has 0 saturated heterocycles. The Bertz CT molecular complexity index is 481. The third-order valence-corrected chi connectivity index (χ3v) is 4.52. The highest BCUT2D eigenvalue weighted by Gasteiger charge is 2.39. The van der Waals surface area contributed by atoms with E-state index < -0.39 is 10.0 Å². The van der Waals surface area contributed by atoms with E-state index in [1.54, 1.807) is 0 Å². The van der Waals surface area contributed by atoms with Crippen LogP contribution in [0.15, 0.2) is 11.2 Å². The summed E-state index contributed by atoms with van der Waals surface area (Å²) in [6, 6.07) is 0.119. The summed E-state index contributed by atoms with van der Waals surface area (Å²) in [6.07, 6.45) is 5.25. The highest BCUT2D eigenvalue weighted by molar-refractivity contribution is 7.89. The molecule has 0 bridgehead atoms. The molecular formula is C11H19N3O2S. The van der Waals surface area contributed by atoms with Crippen LogP contribution in [-0.2, 0) is 16.4 Å². The van der Waals surface area contributed by atoms with Crippen LogP contribution in [0.25, 0.3) is 0 Å². The van der Waals surface area contributed by atoms with Gasteiger partial charge in [-0.2, -0.15) is 0 Å². The van der Waals surface area contributed by atoms with Crippen LogP contribution in [-0.4, -0.2) is 24.4 Å². The highest BCUT2D eigenvalue weighted by atomic mass is 32.2. The third-order valence-electron chi connectivity index (χ3n) is 3.12. The number of sulfonamides is 1. The SMILES string of the molecule is CCCC1CC1NS(=O)(=O)c1cnc(CC)[nH]1.